The van der Waals surface area contributed by atoms with E-state index in [1.807, 2.05) is 0 Å². The Balaban J connectivity index is 3.87. The fraction of sp³-hybridized carbons (Fsp3) is 0.857. The van der Waals surface area contributed by atoms with E-state index in [2.05, 4.69) is 24.4 Å². The van der Waals surface area contributed by atoms with Crippen LogP contribution in [0.4, 0.5) is 0 Å². The lowest BCUT2D eigenvalue weighted by atomic mass is 10.4. The zero-order chi connectivity index (χ0) is 9.07. The molecule has 66 valence electrons. The van der Waals surface area contributed by atoms with Gasteiger partial charge in [0.1, 0.15) is 6.04 Å². The first-order valence-corrected chi connectivity index (χ1v) is 7.41. The van der Waals surface area contributed by atoms with Crippen molar-refractivity contribution in [2.75, 3.05) is 7.11 Å². The van der Waals surface area contributed by atoms with Crippen LogP contribution < -0.4 is 5.73 Å². The predicted octanol–water partition coefficient (Wildman–Crippen LogP) is 0.825. The number of ether oxygens (including phenoxy) is 1. The van der Waals surface area contributed by atoms with Gasteiger partial charge in [0.2, 0.25) is 0 Å². The van der Waals surface area contributed by atoms with Crippen molar-refractivity contribution in [2.45, 2.75) is 31.7 Å². The van der Waals surface area contributed by atoms with E-state index in [1.54, 1.807) is 0 Å². The quantitative estimate of drug-likeness (QED) is 0.510. The molecule has 0 amide bonds. The number of methoxy groups -OCH3 is 1. The molecule has 0 saturated heterocycles. The van der Waals surface area contributed by atoms with Crippen molar-refractivity contribution in [1.82, 2.24) is 0 Å². The van der Waals surface area contributed by atoms with Gasteiger partial charge in [-0.2, -0.15) is 0 Å². The van der Waals surface area contributed by atoms with Gasteiger partial charge in [0.15, 0.2) is 0 Å². The summed E-state index contributed by atoms with van der Waals surface area (Å²) in [4.78, 5) is 10.9. The third kappa shape index (κ3) is 4.98. The van der Waals surface area contributed by atoms with E-state index in [1.165, 1.54) is 7.11 Å². The minimum Gasteiger partial charge on any atom is -0.468 e. The second-order valence-corrected chi connectivity index (χ2v) is 9.42. The molecule has 11 heavy (non-hydrogen) atoms. The zero-order valence-corrected chi connectivity index (χ0v) is 8.68. The highest BCUT2D eigenvalue weighted by atomic mass is 28.3. The Kier molecular flexibility index (Phi) is 3.75. The van der Waals surface area contributed by atoms with Crippen LogP contribution in [0.2, 0.25) is 25.7 Å². The molecule has 0 rings (SSSR count). The van der Waals surface area contributed by atoms with E-state index in [-0.39, 0.29) is 5.97 Å². The SMILES string of the molecule is COC(=O)C(N)C[Si](C)(C)C. The standard InChI is InChI=1S/C7H17NO2Si/c1-10-7(9)6(8)5-11(2,3)4/h6H,5,8H2,1-4H3. The summed E-state index contributed by atoms with van der Waals surface area (Å²) in [6.45, 7) is 6.53. The Morgan fingerprint density at radius 1 is 1.55 bits per heavy atom. The summed E-state index contributed by atoms with van der Waals surface area (Å²) >= 11 is 0. The Hall–Kier alpha value is -0.353. The highest BCUT2D eigenvalue weighted by Crippen LogP contribution is 2.10. The number of nitrogens with two attached hydrogens (primary N) is 1. The van der Waals surface area contributed by atoms with Crippen LogP contribution in [0.25, 0.3) is 0 Å². The monoisotopic (exact) mass is 175 g/mol. The molecule has 0 heterocycles. The lowest BCUT2D eigenvalue weighted by Crippen LogP contribution is -2.38. The molecule has 0 aromatic rings. The van der Waals surface area contributed by atoms with E-state index >= 15 is 0 Å². The first kappa shape index (κ1) is 10.6. The minimum absolute atomic E-state index is 0.299. The summed E-state index contributed by atoms with van der Waals surface area (Å²) in [5, 5.41) is 0. The maximum Gasteiger partial charge on any atom is 0.322 e. The van der Waals surface area contributed by atoms with Gasteiger partial charge < -0.3 is 10.5 Å². The van der Waals surface area contributed by atoms with Crippen molar-refractivity contribution in [1.29, 1.82) is 0 Å². The Morgan fingerprint density at radius 3 is 2.27 bits per heavy atom. The molecule has 0 aliphatic rings. The molecule has 0 spiro atoms. The van der Waals surface area contributed by atoms with Crippen LogP contribution >= 0.6 is 0 Å². The summed E-state index contributed by atoms with van der Waals surface area (Å²) in [7, 11) is 0.142. The number of hydrogen-bond donors (Lipinski definition) is 1. The smallest absolute Gasteiger partial charge is 0.322 e. The zero-order valence-electron chi connectivity index (χ0n) is 7.68. The molecule has 0 fully saturated rings. The summed E-state index contributed by atoms with van der Waals surface area (Å²) < 4.78 is 4.52. The number of carbonyl (C=O) groups excluding carboxylic acids is 1. The van der Waals surface area contributed by atoms with Crippen molar-refractivity contribution in [3.63, 3.8) is 0 Å². The van der Waals surface area contributed by atoms with E-state index in [0.29, 0.717) is 0 Å². The lowest BCUT2D eigenvalue weighted by Gasteiger charge is -2.19. The van der Waals surface area contributed by atoms with Gasteiger partial charge >= 0.3 is 5.97 Å². The van der Waals surface area contributed by atoms with E-state index in [9.17, 15) is 4.79 Å². The van der Waals surface area contributed by atoms with Crippen LogP contribution in [-0.4, -0.2) is 27.2 Å². The summed E-state index contributed by atoms with van der Waals surface area (Å²) in [6, 6.07) is 0.367. The van der Waals surface area contributed by atoms with Crippen LogP contribution in [0, 0.1) is 0 Å². The Bertz CT molecular complexity index is 142. The van der Waals surface area contributed by atoms with E-state index in [0.717, 1.165) is 6.04 Å². The maximum absolute atomic E-state index is 10.9. The fourth-order valence-corrected chi connectivity index (χ4v) is 2.38. The van der Waals surface area contributed by atoms with Crippen molar-refractivity contribution in [3.8, 4) is 0 Å². The van der Waals surface area contributed by atoms with Gasteiger partial charge in [-0.1, -0.05) is 19.6 Å². The van der Waals surface area contributed by atoms with Crippen molar-refractivity contribution in [3.05, 3.63) is 0 Å². The fourth-order valence-electron chi connectivity index (χ4n) is 0.894. The molecule has 0 radical (unpaired) electrons. The van der Waals surface area contributed by atoms with Gasteiger partial charge in [0.05, 0.1) is 7.11 Å². The third-order valence-corrected chi connectivity index (χ3v) is 3.00. The summed E-state index contributed by atoms with van der Waals surface area (Å²) in [5.74, 6) is -0.299. The first-order valence-electron chi connectivity index (χ1n) is 3.70. The van der Waals surface area contributed by atoms with E-state index < -0.39 is 14.1 Å². The van der Waals surface area contributed by atoms with Crippen molar-refractivity contribution >= 4 is 14.0 Å². The van der Waals surface area contributed by atoms with Crippen LogP contribution in [0.5, 0.6) is 0 Å². The predicted molar refractivity (Wildman–Crippen MR) is 48.1 cm³/mol. The number of hydrogen-bond acceptors (Lipinski definition) is 3. The van der Waals surface area contributed by atoms with Crippen LogP contribution in [-0.2, 0) is 9.53 Å². The Labute approximate surface area is 68.9 Å². The molecular weight excluding hydrogens is 158 g/mol. The molecule has 0 aromatic carbocycles. The Morgan fingerprint density at radius 2 is 2.00 bits per heavy atom. The lowest BCUT2D eigenvalue weighted by molar-refractivity contribution is -0.141. The number of rotatable bonds is 3. The molecule has 4 heteroatoms. The van der Waals surface area contributed by atoms with Gasteiger partial charge in [0, 0.05) is 8.07 Å². The first-order chi connectivity index (χ1) is 4.87. The molecule has 1 unspecified atom stereocenters. The van der Waals surface area contributed by atoms with Gasteiger partial charge in [-0.15, -0.1) is 0 Å². The van der Waals surface area contributed by atoms with Crippen molar-refractivity contribution in [2.24, 2.45) is 5.73 Å². The maximum atomic E-state index is 10.9. The van der Waals surface area contributed by atoms with Gasteiger partial charge in [-0.25, -0.2) is 0 Å². The minimum atomic E-state index is -1.23. The molecular formula is C7H17NO2Si. The number of esters is 1. The summed E-state index contributed by atoms with van der Waals surface area (Å²) in [5.41, 5.74) is 5.57. The molecule has 0 aliphatic heterocycles. The topological polar surface area (TPSA) is 52.3 Å². The summed E-state index contributed by atoms with van der Waals surface area (Å²) in [6.07, 6.45) is 0. The van der Waals surface area contributed by atoms with Crippen LogP contribution in [0.3, 0.4) is 0 Å². The number of carbonyl (C=O) groups is 1. The second-order valence-electron chi connectivity index (χ2n) is 3.89. The molecule has 0 aliphatic carbocycles. The average molecular weight is 175 g/mol. The highest BCUT2D eigenvalue weighted by Gasteiger charge is 2.22. The van der Waals surface area contributed by atoms with Crippen LogP contribution in [0.1, 0.15) is 0 Å². The van der Waals surface area contributed by atoms with E-state index in [4.69, 9.17) is 5.73 Å². The van der Waals surface area contributed by atoms with Crippen LogP contribution in [0.15, 0.2) is 0 Å². The second kappa shape index (κ2) is 3.87. The molecule has 3 nitrogen and oxygen atoms in total. The normalized spacial score (nSPS) is 14.3. The van der Waals surface area contributed by atoms with Gasteiger partial charge in [-0.3, -0.25) is 4.79 Å². The molecule has 0 aromatic heterocycles. The highest BCUT2D eigenvalue weighted by molar-refractivity contribution is 6.76. The van der Waals surface area contributed by atoms with Gasteiger partial charge in [0.25, 0.3) is 0 Å². The molecule has 2 N–H and O–H groups in total. The largest absolute Gasteiger partial charge is 0.468 e. The molecule has 0 bridgehead atoms. The average Bonchev–Trinajstić information content (AvgIpc) is 1.82. The molecule has 1 atom stereocenters. The van der Waals surface area contributed by atoms with Gasteiger partial charge in [-0.05, 0) is 6.04 Å². The third-order valence-electron chi connectivity index (χ3n) is 1.34. The molecule has 0 saturated carbocycles. The van der Waals surface area contributed by atoms with Crippen molar-refractivity contribution < 1.29 is 9.53 Å².